The van der Waals surface area contributed by atoms with Crippen LogP contribution in [0.25, 0.3) is 5.69 Å². The van der Waals surface area contributed by atoms with E-state index in [1.807, 2.05) is 35.2 Å². The molecule has 0 radical (unpaired) electrons. The number of aromatic nitrogens is 2. The summed E-state index contributed by atoms with van der Waals surface area (Å²) in [5, 5.41) is 4.85. The van der Waals surface area contributed by atoms with E-state index in [9.17, 15) is 13.2 Å². The van der Waals surface area contributed by atoms with Crippen LogP contribution in [0, 0.1) is 0 Å². The van der Waals surface area contributed by atoms with Crippen LogP contribution in [0.15, 0.2) is 65.6 Å². The SMILES string of the molecule is CN(C)S(=O)(=O)N1CCN(c2cnn(-c3cccc(Cl)c3)c(=O)c2OCc2ccccc2)CC1. The van der Waals surface area contributed by atoms with Gasteiger partial charge >= 0.3 is 5.56 Å². The Kier molecular flexibility index (Phi) is 7.22. The molecule has 2 heterocycles. The molecule has 1 aliphatic heterocycles. The summed E-state index contributed by atoms with van der Waals surface area (Å²) in [6.07, 6.45) is 1.58. The van der Waals surface area contributed by atoms with Crippen molar-refractivity contribution < 1.29 is 13.2 Å². The maximum atomic E-state index is 13.5. The minimum atomic E-state index is -3.50. The zero-order chi connectivity index (χ0) is 24.3. The van der Waals surface area contributed by atoms with Crippen LogP contribution in [-0.2, 0) is 16.8 Å². The van der Waals surface area contributed by atoms with Crippen LogP contribution in [0.1, 0.15) is 5.56 Å². The molecule has 0 amide bonds. The fraction of sp³-hybridized carbons (Fsp3) is 0.304. The summed E-state index contributed by atoms with van der Waals surface area (Å²) < 4.78 is 34.9. The van der Waals surface area contributed by atoms with Gasteiger partial charge in [0.25, 0.3) is 10.2 Å². The maximum Gasteiger partial charge on any atom is 0.316 e. The minimum absolute atomic E-state index is 0.155. The lowest BCUT2D eigenvalue weighted by molar-refractivity contribution is 0.297. The zero-order valence-electron chi connectivity index (χ0n) is 19.0. The molecule has 34 heavy (non-hydrogen) atoms. The van der Waals surface area contributed by atoms with Crippen molar-refractivity contribution in [3.8, 4) is 11.4 Å². The zero-order valence-corrected chi connectivity index (χ0v) is 20.5. The highest BCUT2D eigenvalue weighted by molar-refractivity contribution is 7.86. The molecule has 1 fully saturated rings. The summed E-state index contributed by atoms with van der Waals surface area (Å²) in [6, 6.07) is 16.4. The standard InChI is InChI=1S/C23H26ClN5O4S/c1-26(2)34(31,32)28-13-11-27(12-14-28)21-16-25-29(20-10-6-9-19(24)15-20)23(30)22(21)33-17-18-7-4-3-5-8-18/h3-10,15-16H,11-14,17H2,1-2H3. The van der Waals surface area contributed by atoms with E-state index in [0.717, 1.165) is 5.56 Å². The molecule has 11 heteroatoms. The molecular weight excluding hydrogens is 478 g/mol. The summed E-state index contributed by atoms with van der Waals surface area (Å²) in [5.41, 5.74) is 1.55. The van der Waals surface area contributed by atoms with E-state index in [-0.39, 0.29) is 25.4 Å². The summed E-state index contributed by atoms with van der Waals surface area (Å²) in [5.74, 6) is 0.155. The first-order valence-electron chi connectivity index (χ1n) is 10.7. The molecule has 0 saturated carbocycles. The van der Waals surface area contributed by atoms with Crippen LogP contribution in [-0.4, -0.2) is 67.1 Å². The highest BCUT2D eigenvalue weighted by atomic mass is 35.5. The van der Waals surface area contributed by atoms with Crippen LogP contribution >= 0.6 is 11.6 Å². The minimum Gasteiger partial charge on any atom is -0.481 e. The van der Waals surface area contributed by atoms with Crippen molar-refractivity contribution >= 4 is 27.5 Å². The maximum absolute atomic E-state index is 13.5. The summed E-state index contributed by atoms with van der Waals surface area (Å²) in [7, 11) is -0.481. The Bertz CT molecular complexity index is 1310. The average Bonchev–Trinajstić information content (AvgIpc) is 2.83. The molecule has 4 rings (SSSR count). The summed E-state index contributed by atoms with van der Waals surface area (Å²) in [4.78, 5) is 15.4. The van der Waals surface area contributed by atoms with Crippen LogP contribution in [0.4, 0.5) is 5.69 Å². The smallest absolute Gasteiger partial charge is 0.316 e. The van der Waals surface area contributed by atoms with E-state index in [4.69, 9.17) is 16.3 Å². The molecule has 1 aliphatic rings. The third-order valence-corrected chi connectivity index (χ3v) is 7.74. The molecule has 0 atom stereocenters. The van der Waals surface area contributed by atoms with Gasteiger partial charge in [0.1, 0.15) is 12.3 Å². The molecule has 3 aromatic rings. The van der Waals surface area contributed by atoms with Gasteiger partial charge in [-0.15, -0.1) is 0 Å². The third-order valence-electron chi connectivity index (χ3n) is 5.56. The Morgan fingerprint density at radius 1 is 1.03 bits per heavy atom. The Morgan fingerprint density at radius 3 is 2.38 bits per heavy atom. The second kappa shape index (κ2) is 10.1. The lowest BCUT2D eigenvalue weighted by Gasteiger charge is -2.36. The number of rotatable bonds is 7. The molecule has 0 N–H and O–H groups in total. The number of hydrogen-bond acceptors (Lipinski definition) is 6. The second-order valence-corrected chi connectivity index (χ2v) is 10.6. The molecule has 0 spiro atoms. The van der Waals surface area contributed by atoms with Crippen molar-refractivity contribution in [2.75, 3.05) is 45.2 Å². The number of piperazine rings is 1. The summed E-state index contributed by atoms with van der Waals surface area (Å²) in [6.45, 7) is 1.58. The fourth-order valence-electron chi connectivity index (χ4n) is 3.70. The monoisotopic (exact) mass is 503 g/mol. The van der Waals surface area contributed by atoms with Gasteiger partial charge in [0, 0.05) is 45.3 Å². The molecule has 0 unspecified atom stereocenters. The van der Waals surface area contributed by atoms with Crippen molar-refractivity contribution in [3.05, 3.63) is 81.7 Å². The quantitative estimate of drug-likeness (QED) is 0.492. The Balaban J connectivity index is 1.66. The van der Waals surface area contributed by atoms with Crippen molar-refractivity contribution in [2.24, 2.45) is 0 Å². The van der Waals surface area contributed by atoms with Gasteiger partial charge in [-0.25, -0.2) is 0 Å². The van der Waals surface area contributed by atoms with Crippen LogP contribution < -0.4 is 15.2 Å². The lowest BCUT2D eigenvalue weighted by Crippen LogP contribution is -2.52. The van der Waals surface area contributed by atoms with E-state index in [0.29, 0.717) is 29.5 Å². The van der Waals surface area contributed by atoms with Gasteiger partial charge in [-0.3, -0.25) is 4.79 Å². The van der Waals surface area contributed by atoms with Gasteiger partial charge in [-0.05, 0) is 23.8 Å². The lowest BCUT2D eigenvalue weighted by atomic mass is 10.2. The Labute approximate surface area is 203 Å². The number of nitrogens with zero attached hydrogens (tertiary/aromatic N) is 5. The van der Waals surface area contributed by atoms with Crippen LogP contribution in [0.3, 0.4) is 0 Å². The molecular formula is C23H26ClN5O4S. The van der Waals surface area contributed by atoms with Crippen molar-refractivity contribution in [1.29, 1.82) is 0 Å². The first kappa shape index (κ1) is 24.2. The van der Waals surface area contributed by atoms with Gasteiger partial charge in [0.15, 0.2) is 0 Å². The fourth-order valence-corrected chi connectivity index (χ4v) is 4.97. The van der Waals surface area contributed by atoms with E-state index in [2.05, 4.69) is 5.10 Å². The van der Waals surface area contributed by atoms with E-state index in [1.165, 1.54) is 27.4 Å². The van der Waals surface area contributed by atoms with Crippen molar-refractivity contribution in [1.82, 2.24) is 18.4 Å². The Hall–Kier alpha value is -2.92. The predicted molar refractivity (Wildman–Crippen MR) is 132 cm³/mol. The summed E-state index contributed by atoms with van der Waals surface area (Å²) >= 11 is 6.11. The largest absolute Gasteiger partial charge is 0.481 e. The number of halogens is 1. The molecule has 0 bridgehead atoms. The second-order valence-electron chi connectivity index (χ2n) is 8.01. The van der Waals surface area contributed by atoms with Crippen molar-refractivity contribution in [2.45, 2.75) is 6.61 Å². The van der Waals surface area contributed by atoms with Gasteiger partial charge in [-0.1, -0.05) is 48.0 Å². The molecule has 1 saturated heterocycles. The number of hydrogen-bond donors (Lipinski definition) is 0. The van der Waals surface area contributed by atoms with Gasteiger partial charge in [0.2, 0.25) is 5.75 Å². The van der Waals surface area contributed by atoms with E-state index < -0.39 is 15.8 Å². The first-order valence-corrected chi connectivity index (χ1v) is 12.5. The van der Waals surface area contributed by atoms with Gasteiger partial charge in [-0.2, -0.15) is 26.8 Å². The normalized spacial score (nSPS) is 15.0. The van der Waals surface area contributed by atoms with Gasteiger partial charge < -0.3 is 9.64 Å². The molecule has 0 aliphatic carbocycles. The number of ether oxygens (including phenoxy) is 1. The topological polar surface area (TPSA) is 88.0 Å². The number of benzene rings is 2. The van der Waals surface area contributed by atoms with Crippen molar-refractivity contribution in [3.63, 3.8) is 0 Å². The Morgan fingerprint density at radius 2 is 1.74 bits per heavy atom. The van der Waals surface area contributed by atoms with Gasteiger partial charge in [0.05, 0.1) is 11.9 Å². The highest BCUT2D eigenvalue weighted by Gasteiger charge is 2.30. The third kappa shape index (κ3) is 5.10. The highest BCUT2D eigenvalue weighted by Crippen LogP contribution is 2.27. The first-order chi connectivity index (χ1) is 16.3. The number of anilines is 1. The molecule has 180 valence electrons. The van der Waals surface area contributed by atoms with E-state index >= 15 is 0 Å². The van der Waals surface area contributed by atoms with Crippen LogP contribution in [0.5, 0.6) is 5.75 Å². The molecule has 2 aromatic carbocycles. The van der Waals surface area contributed by atoms with E-state index in [1.54, 1.807) is 30.5 Å². The predicted octanol–water partition coefficient (Wildman–Crippen LogP) is 2.39. The van der Waals surface area contributed by atoms with Crippen LogP contribution in [0.2, 0.25) is 5.02 Å². The average molecular weight is 504 g/mol. The molecule has 9 nitrogen and oxygen atoms in total. The molecule has 1 aromatic heterocycles.